The lowest BCUT2D eigenvalue weighted by Crippen LogP contribution is -2.40. The minimum atomic E-state index is -0.762. The molecule has 0 saturated heterocycles. The van der Waals surface area contributed by atoms with Gasteiger partial charge in [-0.05, 0) is 18.1 Å². The molecule has 3 N–H and O–H groups in total. The summed E-state index contributed by atoms with van der Waals surface area (Å²) in [7, 11) is 0. The van der Waals surface area contributed by atoms with Crippen molar-refractivity contribution in [2.24, 2.45) is 5.73 Å². The van der Waals surface area contributed by atoms with Crippen molar-refractivity contribution in [2.45, 2.75) is 12.8 Å². The number of nitrogens with two attached hydrogens (primary N) is 1. The number of fused-ring (bicyclic) bond motifs is 1. The Kier molecular flexibility index (Phi) is 4.65. The molecule has 0 atom stereocenters. The van der Waals surface area contributed by atoms with E-state index in [9.17, 15) is 9.59 Å². The number of halogens is 1. The average Bonchev–Trinajstić information content (AvgIpc) is 2.86. The summed E-state index contributed by atoms with van der Waals surface area (Å²) in [6.45, 7) is 3.62. The van der Waals surface area contributed by atoms with Crippen molar-refractivity contribution in [1.29, 1.82) is 0 Å². The van der Waals surface area contributed by atoms with Gasteiger partial charge < -0.3 is 10.7 Å². The highest BCUT2D eigenvalue weighted by Crippen LogP contribution is 2.25. The van der Waals surface area contributed by atoms with Gasteiger partial charge in [0.05, 0.1) is 10.5 Å². The molecule has 0 bridgehead atoms. The van der Waals surface area contributed by atoms with Crippen LogP contribution < -0.4 is 5.73 Å². The number of hydrogen-bond donors (Lipinski definition) is 2. The van der Waals surface area contributed by atoms with Crippen LogP contribution in [-0.2, 0) is 11.2 Å². The van der Waals surface area contributed by atoms with E-state index < -0.39 is 6.03 Å². The Bertz CT molecular complexity index is 693. The van der Waals surface area contributed by atoms with Crippen LogP contribution in [-0.4, -0.2) is 28.4 Å². The van der Waals surface area contributed by atoms with Crippen LogP contribution in [0.3, 0.4) is 0 Å². The minimum absolute atomic E-state index is 0.119. The van der Waals surface area contributed by atoms with Crippen molar-refractivity contribution >= 4 is 34.4 Å². The number of imide groups is 1. The largest absolute Gasteiger partial charge is 0.360 e. The Hall–Kier alpha value is -2.27. The number of aromatic amines is 1. The first-order valence-electron chi connectivity index (χ1n) is 6.49. The van der Waals surface area contributed by atoms with Crippen LogP contribution in [0.5, 0.6) is 0 Å². The van der Waals surface area contributed by atoms with Gasteiger partial charge in [-0.15, -0.1) is 6.58 Å². The Morgan fingerprint density at radius 2 is 2.19 bits per heavy atom. The normalized spacial score (nSPS) is 10.5. The van der Waals surface area contributed by atoms with Gasteiger partial charge in [-0.2, -0.15) is 0 Å². The number of nitrogens with one attached hydrogen (secondary N) is 1. The molecule has 1 aromatic heterocycles. The summed E-state index contributed by atoms with van der Waals surface area (Å²) in [6, 6.07) is 4.83. The first-order chi connectivity index (χ1) is 10.0. The number of amides is 3. The summed E-state index contributed by atoms with van der Waals surface area (Å²) in [6.07, 6.45) is 3.98. The molecule has 6 heteroatoms. The highest BCUT2D eigenvalue weighted by molar-refractivity contribution is 6.35. The first-order valence-corrected chi connectivity index (χ1v) is 6.87. The monoisotopic (exact) mass is 305 g/mol. The van der Waals surface area contributed by atoms with Gasteiger partial charge in [-0.3, -0.25) is 9.69 Å². The van der Waals surface area contributed by atoms with Crippen LogP contribution in [0.2, 0.25) is 5.02 Å². The number of urea groups is 1. The molecule has 110 valence electrons. The molecule has 0 unspecified atom stereocenters. The maximum atomic E-state index is 12.0. The van der Waals surface area contributed by atoms with E-state index in [2.05, 4.69) is 11.6 Å². The second-order valence-corrected chi connectivity index (χ2v) is 5.01. The highest BCUT2D eigenvalue weighted by atomic mass is 35.5. The molecule has 1 aromatic carbocycles. The third-order valence-corrected chi connectivity index (χ3v) is 3.55. The number of aromatic nitrogens is 1. The van der Waals surface area contributed by atoms with Crippen LogP contribution in [0.4, 0.5) is 4.79 Å². The maximum absolute atomic E-state index is 12.0. The van der Waals surface area contributed by atoms with Gasteiger partial charge in [-0.25, -0.2) is 4.79 Å². The van der Waals surface area contributed by atoms with Gasteiger partial charge in [0.2, 0.25) is 5.91 Å². The molecule has 2 aromatic rings. The maximum Gasteiger partial charge on any atom is 0.321 e. The molecule has 5 nitrogen and oxygen atoms in total. The Morgan fingerprint density at radius 3 is 2.86 bits per heavy atom. The lowest BCUT2D eigenvalue weighted by Gasteiger charge is -2.16. The smallest absolute Gasteiger partial charge is 0.321 e. The van der Waals surface area contributed by atoms with Crippen molar-refractivity contribution in [1.82, 2.24) is 9.88 Å². The standard InChI is InChI=1S/C15H16ClN3O2/c1-2-8-19(15(17)21)13(20)7-6-10-9-18-14-11(10)4-3-5-12(14)16/h2-5,9,18H,1,6-8H2,(H2,17,21). The Labute approximate surface area is 127 Å². The van der Waals surface area contributed by atoms with Crippen molar-refractivity contribution < 1.29 is 9.59 Å². The third kappa shape index (κ3) is 3.25. The van der Waals surface area contributed by atoms with E-state index in [0.29, 0.717) is 11.4 Å². The second kappa shape index (κ2) is 6.45. The topological polar surface area (TPSA) is 79.2 Å². The lowest BCUT2D eigenvalue weighted by atomic mass is 10.1. The molecule has 3 amide bonds. The molecular weight excluding hydrogens is 290 g/mol. The Balaban J connectivity index is 2.11. The third-order valence-electron chi connectivity index (χ3n) is 3.24. The Morgan fingerprint density at radius 1 is 1.43 bits per heavy atom. The summed E-state index contributed by atoms with van der Waals surface area (Å²) in [5, 5.41) is 1.61. The summed E-state index contributed by atoms with van der Waals surface area (Å²) >= 11 is 6.09. The molecular formula is C15H16ClN3O2. The summed E-state index contributed by atoms with van der Waals surface area (Å²) in [5.74, 6) is -0.321. The van der Waals surface area contributed by atoms with E-state index in [0.717, 1.165) is 21.4 Å². The minimum Gasteiger partial charge on any atom is -0.360 e. The zero-order chi connectivity index (χ0) is 15.4. The molecule has 1 heterocycles. The van der Waals surface area contributed by atoms with Crippen LogP contribution in [0.1, 0.15) is 12.0 Å². The zero-order valence-electron chi connectivity index (χ0n) is 11.4. The highest BCUT2D eigenvalue weighted by Gasteiger charge is 2.17. The summed E-state index contributed by atoms with van der Waals surface area (Å²) in [5.41, 5.74) is 7.00. The van der Waals surface area contributed by atoms with Crippen LogP contribution in [0.15, 0.2) is 37.1 Å². The van der Waals surface area contributed by atoms with Crippen LogP contribution in [0, 0.1) is 0 Å². The number of carbonyl (C=O) groups excluding carboxylic acids is 2. The number of para-hydroxylation sites is 1. The number of primary amides is 1. The fourth-order valence-corrected chi connectivity index (χ4v) is 2.43. The number of hydrogen-bond acceptors (Lipinski definition) is 2. The van der Waals surface area contributed by atoms with Crippen molar-refractivity contribution in [2.75, 3.05) is 6.54 Å². The number of benzene rings is 1. The van der Waals surface area contributed by atoms with E-state index in [1.807, 2.05) is 18.3 Å². The van der Waals surface area contributed by atoms with Gasteiger partial charge in [0.25, 0.3) is 0 Å². The van der Waals surface area contributed by atoms with Crippen molar-refractivity contribution in [3.05, 3.63) is 47.6 Å². The van der Waals surface area contributed by atoms with Gasteiger partial charge in [-0.1, -0.05) is 29.8 Å². The summed E-state index contributed by atoms with van der Waals surface area (Å²) in [4.78, 5) is 27.3. The van der Waals surface area contributed by atoms with E-state index >= 15 is 0 Å². The zero-order valence-corrected chi connectivity index (χ0v) is 12.2. The van der Waals surface area contributed by atoms with Gasteiger partial charge in [0, 0.05) is 24.5 Å². The summed E-state index contributed by atoms with van der Waals surface area (Å²) < 4.78 is 0. The van der Waals surface area contributed by atoms with E-state index in [4.69, 9.17) is 17.3 Å². The number of H-pyrrole nitrogens is 1. The van der Waals surface area contributed by atoms with E-state index in [1.54, 1.807) is 6.07 Å². The number of aryl methyl sites for hydroxylation is 1. The lowest BCUT2D eigenvalue weighted by molar-refractivity contribution is -0.127. The molecule has 2 rings (SSSR count). The first kappa shape index (κ1) is 15.1. The predicted octanol–water partition coefficient (Wildman–Crippen LogP) is 2.85. The molecule has 0 saturated carbocycles. The predicted molar refractivity (Wildman–Crippen MR) is 83.1 cm³/mol. The van der Waals surface area contributed by atoms with Crippen molar-refractivity contribution in [3.8, 4) is 0 Å². The van der Waals surface area contributed by atoms with Gasteiger partial charge >= 0.3 is 6.03 Å². The average molecular weight is 306 g/mol. The molecule has 0 aliphatic heterocycles. The van der Waals surface area contributed by atoms with Gasteiger partial charge in [0.1, 0.15) is 0 Å². The van der Waals surface area contributed by atoms with Crippen LogP contribution in [0.25, 0.3) is 10.9 Å². The van der Waals surface area contributed by atoms with E-state index in [1.165, 1.54) is 6.08 Å². The van der Waals surface area contributed by atoms with E-state index in [-0.39, 0.29) is 18.9 Å². The fourth-order valence-electron chi connectivity index (χ4n) is 2.20. The number of carbonyl (C=O) groups is 2. The molecule has 21 heavy (non-hydrogen) atoms. The molecule has 0 aliphatic carbocycles. The van der Waals surface area contributed by atoms with Crippen molar-refractivity contribution in [3.63, 3.8) is 0 Å². The quantitative estimate of drug-likeness (QED) is 0.833. The fraction of sp³-hybridized carbons (Fsp3) is 0.200. The van der Waals surface area contributed by atoms with Crippen LogP contribution >= 0.6 is 11.6 Å². The molecule has 0 aliphatic rings. The molecule has 0 radical (unpaired) electrons. The SMILES string of the molecule is C=CCN(C(N)=O)C(=O)CCc1c[nH]c2c(Cl)cccc12. The van der Waals surface area contributed by atoms with Gasteiger partial charge in [0.15, 0.2) is 0 Å². The number of nitrogens with zero attached hydrogens (tertiary/aromatic N) is 1. The number of rotatable bonds is 5. The molecule has 0 spiro atoms. The second-order valence-electron chi connectivity index (χ2n) is 4.61. The molecule has 0 fully saturated rings.